The fraction of sp³-hybridized carbons (Fsp3) is 0.250. The van der Waals surface area contributed by atoms with Gasteiger partial charge in [0.2, 0.25) is 17.6 Å². The minimum Gasteiger partial charge on any atom is -0.337 e. The van der Waals surface area contributed by atoms with Crippen molar-refractivity contribution in [3.8, 4) is 11.4 Å². The van der Waals surface area contributed by atoms with E-state index in [4.69, 9.17) is 16.1 Å². The van der Waals surface area contributed by atoms with Crippen molar-refractivity contribution in [3.05, 3.63) is 70.8 Å². The molecule has 0 bridgehead atoms. The van der Waals surface area contributed by atoms with E-state index in [1.54, 1.807) is 29.2 Å². The highest BCUT2D eigenvalue weighted by Gasteiger charge is 2.34. The maximum Gasteiger partial charge on any atom is 0.249 e. The molecule has 2 aromatic carbocycles. The van der Waals surface area contributed by atoms with E-state index < -0.39 is 0 Å². The molecule has 0 aliphatic carbocycles. The molecule has 3 aromatic rings. The summed E-state index contributed by atoms with van der Waals surface area (Å²) in [5, 5.41) is 4.63. The topological polar surface area (TPSA) is 59.2 Å². The van der Waals surface area contributed by atoms with E-state index in [0.29, 0.717) is 23.3 Å². The highest BCUT2D eigenvalue weighted by molar-refractivity contribution is 6.30. The highest BCUT2D eigenvalue weighted by atomic mass is 35.5. The Labute approximate surface area is 160 Å². The lowest BCUT2D eigenvalue weighted by molar-refractivity contribution is -0.131. The van der Waals surface area contributed by atoms with Gasteiger partial charge >= 0.3 is 0 Å². The number of carbonyl (C=O) groups excluding carboxylic acids is 1. The first-order chi connectivity index (χ1) is 13.1. The van der Waals surface area contributed by atoms with Crippen LogP contribution >= 0.6 is 11.6 Å². The van der Waals surface area contributed by atoms with Gasteiger partial charge in [-0.1, -0.05) is 41.0 Å². The molecule has 1 amide bonds. The number of rotatable bonds is 4. The molecule has 1 fully saturated rings. The van der Waals surface area contributed by atoms with Crippen molar-refractivity contribution in [2.24, 2.45) is 0 Å². The molecule has 0 spiro atoms. The summed E-state index contributed by atoms with van der Waals surface area (Å²) in [6.45, 7) is 0.638. The summed E-state index contributed by atoms with van der Waals surface area (Å²) in [5.41, 5.74) is 1.54. The minimum atomic E-state index is -0.315. The SMILES string of the molecule is O=C(Cc1ccc(F)cc1)N1CCCC1c1nc(-c2cccc(Cl)c2)no1. The molecule has 1 aliphatic rings. The third-order valence-corrected chi connectivity index (χ3v) is 4.89. The molecular formula is C20H17ClFN3O2. The molecule has 0 N–H and O–H groups in total. The summed E-state index contributed by atoms with van der Waals surface area (Å²) < 4.78 is 18.5. The molecule has 138 valence electrons. The lowest BCUT2D eigenvalue weighted by Crippen LogP contribution is -2.32. The summed E-state index contributed by atoms with van der Waals surface area (Å²) in [7, 11) is 0. The van der Waals surface area contributed by atoms with Crippen LogP contribution in [0.3, 0.4) is 0 Å². The Bertz CT molecular complexity index is 958. The van der Waals surface area contributed by atoms with E-state index in [0.717, 1.165) is 24.0 Å². The third kappa shape index (κ3) is 3.85. The first-order valence-corrected chi connectivity index (χ1v) is 9.11. The number of amides is 1. The molecule has 1 unspecified atom stereocenters. The lowest BCUT2D eigenvalue weighted by Gasteiger charge is -2.21. The van der Waals surface area contributed by atoms with E-state index in [9.17, 15) is 9.18 Å². The number of likely N-dealkylation sites (tertiary alicyclic amines) is 1. The van der Waals surface area contributed by atoms with E-state index in [2.05, 4.69) is 10.1 Å². The number of carbonyl (C=O) groups is 1. The van der Waals surface area contributed by atoms with Gasteiger partial charge in [0.25, 0.3) is 0 Å². The van der Waals surface area contributed by atoms with Crippen LogP contribution in [0.2, 0.25) is 5.02 Å². The Hall–Kier alpha value is -2.73. The smallest absolute Gasteiger partial charge is 0.249 e. The van der Waals surface area contributed by atoms with Gasteiger partial charge in [0, 0.05) is 17.1 Å². The second-order valence-corrected chi connectivity index (χ2v) is 6.95. The summed E-state index contributed by atoms with van der Waals surface area (Å²) in [6, 6.07) is 13.0. The number of halogens is 2. The van der Waals surface area contributed by atoms with Crippen LogP contribution in [0, 0.1) is 5.82 Å². The minimum absolute atomic E-state index is 0.0355. The van der Waals surface area contributed by atoms with Crippen molar-refractivity contribution in [3.63, 3.8) is 0 Å². The molecule has 5 nitrogen and oxygen atoms in total. The Morgan fingerprint density at radius 3 is 2.85 bits per heavy atom. The molecule has 0 radical (unpaired) electrons. The van der Waals surface area contributed by atoms with Crippen molar-refractivity contribution in [1.82, 2.24) is 15.0 Å². The fourth-order valence-electron chi connectivity index (χ4n) is 3.32. The molecule has 1 atom stereocenters. The summed E-state index contributed by atoms with van der Waals surface area (Å²) in [5.74, 6) is 0.525. The van der Waals surface area contributed by atoms with Crippen molar-refractivity contribution in [2.75, 3.05) is 6.54 Å². The average Bonchev–Trinajstić information content (AvgIpc) is 3.33. The van der Waals surface area contributed by atoms with Gasteiger partial charge in [-0.3, -0.25) is 4.79 Å². The Morgan fingerprint density at radius 2 is 2.07 bits per heavy atom. The van der Waals surface area contributed by atoms with Crippen LogP contribution < -0.4 is 0 Å². The zero-order chi connectivity index (χ0) is 18.8. The second-order valence-electron chi connectivity index (χ2n) is 6.51. The fourth-order valence-corrected chi connectivity index (χ4v) is 3.51. The van der Waals surface area contributed by atoms with E-state index in [1.165, 1.54) is 12.1 Å². The summed E-state index contributed by atoms with van der Waals surface area (Å²) in [6.07, 6.45) is 1.85. The van der Waals surface area contributed by atoms with Gasteiger partial charge in [-0.05, 0) is 42.7 Å². The molecular weight excluding hydrogens is 369 g/mol. The predicted molar refractivity (Wildman–Crippen MR) is 98.5 cm³/mol. The normalized spacial score (nSPS) is 16.7. The molecule has 4 rings (SSSR count). The van der Waals surface area contributed by atoms with Crippen molar-refractivity contribution >= 4 is 17.5 Å². The van der Waals surface area contributed by atoms with Crippen molar-refractivity contribution < 1.29 is 13.7 Å². The molecule has 1 aromatic heterocycles. The van der Waals surface area contributed by atoms with E-state index in [1.807, 2.05) is 12.1 Å². The Balaban J connectivity index is 1.51. The molecule has 7 heteroatoms. The number of aromatic nitrogens is 2. The molecule has 1 aliphatic heterocycles. The van der Waals surface area contributed by atoms with E-state index in [-0.39, 0.29) is 24.2 Å². The van der Waals surface area contributed by atoms with Gasteiger partial charge in [-0.2, -0.15) is 4.98 Å². The van der Waals surface area contributed by atoms with E-state index >= 15 is 0 Å². The van der Waals surface area contributed by atoms with Crippen LogP contribution in [-0.4, -0.2) is 27.5 Å². The van der Waals surface area contributed by atoms with Crippen LogP contribution in [0.15, 0.2) is 53.1 Å². The first-order valence-electron chi connectivity index (χ1n) is 8.73. The van der Waals surface area contributed by atoms with Crippen molar-refractivity contribution in [1.29, 1.82) is 0 Å². The van der Waals surface area contributed by atoms with Gasteiger partial charge in [0.05, 0.1) is 6.42 Å². The van der Waals surface area contributed by atoms with Crippen LogP contribution in [0.25, 0.3) is 11.4 Å². The Morgan fingerprint density at radius 1 is 1.26 bits per heavy atom. The molecule has 1 saturated heterocycles. The van der Waals surface area contributed by atoms with Crippen LogP contribution in [0.1, 0.15) is 30.3 Å². The summed E-state index contributed by atoms with van der Waals surface area (Å²) in [4.78, 5) is 19.0. The molecule has 2 heterocycles. The number of hydrogen-bond acceptors (Lipinski definition) is 4. The van der Waals surface area contributed by atoms with Gasteiger partial charge < -0.3 is 9.42 Å². The van der Waals surface area contributed by atoms with Crippen LogP contribution in [0.4, 0.5) is 4.39 Å². The highest BCUT2D eigenvalue weighted by Crippen LogP contribution is 2.32. The molecule has 0 saturated carbocycles. The van der Waals surface area contributed by atoms with Crippen molar-refractivity contribution in [2.45, 2.75) is 25.3 Å². The zero-order valence-electron chi connectivity index (χ0n) is 14.4. The number of nitrogens with zero attached hydrogens (tertiary/aromatic N) is 3. The van der Waals surface area contributed by atoms with Crippen LogP contribution in [0.5, 0.6) is 0 Å². The second kappa shape index (κ2) is 7.48. The van der Waals surface area contributed by atoms with Gasteiger partial charge in [0.15, 0.2) is 0 Å². The third-order valence-electron chi connectivity index (χ3n) is 4.65. The largest absolute Gasteiger partial charge is 0.337 e. The lowest BCUT2D eigenvalue weighted by atomic mass is 10.1. The monoisotopic (exact) mass is 385 g/mol. The first kappa shape index (κ1) is 17.7. The standard InChI is InChI=1S/C20H17ClFN3O2/c21-15-4-1-3-14(12-15)19-23-20(27-24-19)17-5-2-10-25(17)18(26)11-13-6-8-16(22)9-7-13/h1,3-4,6-9,12,17H,2,5,10-11H2. The maximum atomic E-state index is 13.0. The van der Waals surface area contributed by atoms with Crippen LogP contribution in [-0.2, 0) is 11.2 Å². The average molecular weight is 386 g/mol. The predicted octanol–water partition coefficient (Wildman–Crippen LogP) is 4.44. The summed E-state index contributed by atoms with van der Waals surface area (Å²) >= 11 is 6.02. The maximum absolute atomic E-state index is 13.0. The van der Waals surface area contributed by atoms with Gasteiger partial charge in [-0.15, -0.1) is 0 Å². The van der Waals surface area contributed by atoms with Gasteiger partial charge in [0.1, 0.15) is 11.9 Å². The number of benzene rings is 2. The Kier molecular flexibility index (Phi) is 4.90. The zero-order valence-corrected chi connectivity index (χ0v) is 15.2. The van der Waals surface area contributed by atoms with Gasteiger partial charge in [-0.25, -0.2) is 4.39 Å². The molecule has 27 heavy (non-hydrogen) atoms. The number of hydrogen-bond donors (Lipinski definition) is 0. The quantitative estimate of drug-likeness (QED) is 0.666.